The van der Waals surface area contributed by atoms with Crippen LogP contribution < -0.4 is 0 Å². The molecule has 4 heteroatoms. The number of benzene rings is 1. The van der Waals surface area contributed by atoms with Crippen molar-refractivity contribution < 1.29 is 9.90 Å². The molecule has 1 aromatic rings. The predicted octanol–water partition coefficient (Wildman–Crippen LogP) is 2.21. The second-order valence-electron chi connectivity index (χ2n) is 3.35. The molecule has 3 nitrogen and oxygen atoms in total. The zero-order valence-corrected chi connectivity index (χ0v) is 9.71. The van der Waals surface area contributed by atoms with Gasteiger partial charge >= 0.3 is 5.97 Å². The molecule has 0 atom stereocenters. The van der Waals surface area contributed by atoms with Gasteiger partial charge in [0.2, 0.25) is 0 Å². The highest BCUT2D eigenvalue weighted by atomic mass is 79.9. The monoisotopic (exact) mass is 257 g/mol. The topological polar surface area (TPSA) is 40.5 Å². The van der Waals surface area contributed by atoms with Crippen molar-refractivity contribution in [2.45, 2.75) is 6.54 Å². The summed E-state index contributed by atoms with van der Waals surface area (Å²) in [5, 5.41) is 8.81. The fraction of sp³-hybridized carbons (Fsp3) is 0.300. The van der Waals surface area contributed by atoms with E-state index < -0.39 is 5.97 Å². The molecule has 0 aliphatic rings. The highest BCUT2D eigenvalue weighted by Gasteiger charge is 2.07. The van der Waals surface area contributed by atoms with Gasteiger partial charge in [0.1, 0.15) is 0 Å². The normalized spacial score (nSPS) is 10.6. The van der Waals surface area contributed by atoms with Crippen LogP contribution in [0, 0.1) is 0 Å². The highest BCUT2D eigenvalue weighted by Crippen LogP contribution is 2.19. The lowest BCUT2D eigenvalue weighted by Gasteiger charge is -2.11. The van der Waals surface area contributed by atoms with E-state index in [0.29, 0.717) is 5.56 Å². The molecule has 0 spiro atoms. The van der Waals surface area contributed by atoms with Crippen molar-refractivity contribution in [3.8, 4) is 0 Å². The van der Waals surface area contributed by atoms with E-state index in [9.17, 15) is 4.79 Å². The Bertz CT molecular complexity index is 350. The van der Waals surface area contributed by atoms with E-state index >= 15 is 0 Å². The molecule has 0 amide bonds. The number of carboxylic acids is 1. The third-order valence-corrected chi connectivity index (χ3v) is 2.55. The maximum atomic E-state index is 10.7. The smallest absolute Gasteiger partial charge is 0.335 e. The summed E-state index contributed by atoms with van der Waals surface area (Å²) in [5.41, 5.74) is 1.31. The summed E-state index contributed by atoms with van der Waals surface area (Å²) in [7, 11) is 3.89. The van der Waals surface area contributed by atoms with Gasteiger partial charge in [-0.05, 0) is 37.9 Å². The molecular weight excluding hydrogens is 246 g/mol. The standard InChI is InChI=1S/C10H12BrNO2/c1-12(2)6-8-5-7(10(13)14)3-4-9(8)11/h3-5H,6H2,1-2H3,(H,13,14). The summed E-state index contributed by atoms with van der Waals surface area (Å²) in [6.45, 7) is 0.724. The summed E-state index contributed by atoms with van der Waals surface area (Å²) in [5.74, 6) is -0.891. The molecular formula is C10H12BrNO2. The summed E-state index contributed by atoms with van der Waals surface area (Å²) >= 11 is 3.39. The molecule has 0 radical (unpaired) electrons. The molecule has 0 aliphatic heterocycles. The second-order valence-corrected chi connectivity index (χ2v) is 4.20. The minimum atomic E-state index is -0.891. The summed E-state index contributed by atoms with van der Waals surface area (Å²) in [4.78, 5) is 12.7. The van der Waals surface area contributed by atoms with Crippen molar-refractivity contribution in [3.63, 3.8) is 0 Å². The fourth-order valence-corrected chi connectivity index (χ4v) is 1.54. The van der Waals surface area contributed by atoms with Crippen LogP contribution in [0.2, 0.25) is 0 Å². The maximum Gasteiger partial charge on any atom is 0.335 e. The Morgan fingerprint density at radius 3 is 2.64 bits per heavy atom. The van der Waals surface area contributed by atoms with Crippen LogP contribution in [0.25, 0.3) is 0 Å². The van der Waals surface area contributed by atoms with Gasteiger partial charge in [-0.2, -0.15) is 0 Å². The van der Waals surface area contributed by atoms with Crippen LogP contribution in [0.5, 0.6) is 0 Å². The molecule has 1 rings (SSSR count). The van der Waals surface area contributed by atoms with E-state index in [-0.39, 0.29) is 0 Å². The molecule has 0 saturated heterocycles. The minimum Gasteiger partial charge on any atom is -0.478 e. The van der Waals surface area contributed by atoms with E-state index in [1.165, 1.54) is 0 Å². The lowest BCUT2D eigenvalue weighted by atomic mass is 10.1. The Morgan fingerprint density at radius 1 is 1.50 bits per heavy atom. The maximum absolute atomic E-state index is 10.7. The Hall–Kier alpha value is -0.870. The van der Waals surface area contributed by atoms with Gasteiger partial charge in [0.05, 0.1) is 5.56 Å². The lowest BCUT2D eigenvalue weighted by molar-refractivity contribution is 0.0696. The number of halogens is 1. The van der Waals surface area contributed by atoms with Crippen molar-refractivity contribution >= 4 is 21.9 Å². The molecule has 1 aromatic carbocycles. The first kappa shape index (κ1) is 11.2. The van der Waals surface area contributed by atoms with E-state index in [1.807, 2.05) is 19.0 Å². The van der Waals surface area contributed by atoms with E-state index in [0.717, 1.165) is 16.6 Å². The van der Waals surface area contributed by atoms with Crippen molar-refractivity contribution in [2.75, 3.05) is 14.1 Å². The van der Waals surface area contributed by atoms with Crippen LogP contribution >= 0.6 is 15.9 Å². The van der Waals surface area contributed by atoms with Crippen molar-refractivity contribution in [1.82, 2.24) is 4.90 Å². The lowest BCUT2D eigenvalue weighted by Crippen LogP contribution is -2.11. The van der Waals surface area contributed by atoms with Crippen LogP contribution in [0.15, 0.2) is 22.7 Å². The molecule has 0 aliphatic carbocycles. The van der Waals surface area contributed by atoms with Crippen LogP contribution in [0.3, 0.4) is 0 Å². The number of nitrogens with zero attached hydrogens (tertiary/aromatic N) is 1. The van der Waals surface area contributed by atoms with Gasteiger partial charge < -0.3 is 10.0 Å². The average molecular weight is 258 g/mol. The minimum absolute atomic E-state index is 0.324. The molecule has 76 valence electrons. The second kappa shape index (κ2) is 4.57. The number of aromatic carboxylic acids is 1. The van der Waals surface area contributed by atoms with Gasteiger partial charge in [-0.25, -0.2) is 4.79 Å². The van der Waals surface area contributed by atoms with E-state index in [4.69, 9.17) is 5.11 Å². The summed E-state index contributed by atoms with van der Waals surface area (Å²) < 4.78 is 0.941. The summed E-state index contributed by atoms with van der Waals surface area (Å²) in [6, 6.07) is 5.04. The SMILES string of the molecule is CN(C)Cc1cc(C(=O)O)ccc1Br. The first-order valence-corrected chi connectivity index (χ1v) is 4.96. The third kappa shape index (κ3) is 2.82. The Balaban J connectivity index is 3.02. The van der Waals surface area contributed by atoms with Gasteiger partial charge in [-0.1, -0.05) is 15.9 Å². The average Bonchev–Trinajstić information content (AvgIpc) is 2.07. The summed E-state index contributed by atoms with van der Waals surface area (Å²) in [6.07, 6.45) is 0. The van der Waals surface area contributed by atoms with Gasteiger partial charge in [-0.15, -0.1) is 0 Å². The van der Waals surface area contributed by atoms with Crippen LogP contribution in [-0.2, 0) is 6.54 Å². The fourth-order valence-electron chi connectivity index (χ4n) is 1.17. The molecule has 0 bridgehead atoms. The zero-order chi connectivity index (χ0) is 10.7. The van der Waals surface area contributed by atoms with Crippen LogP contribution in [-0.4, -0.2) is 30.1 Å². The van der Waals surface area contributed by atoms with Gasteiger partial charge in [0.25, 0.3) is 0 Å². The van der Waals surface area contributed by atoms with Crippen molar-refractivity contribution in [3.05, 3.63) is 33.8 Å². The van der Waals surface area contributed by atoms with Gasteiger partial charge in [0, 0.05) is 11.0 Å². The molecule has 0 saturated carbocycles. The first-order valence-electron chi connectivity index (χ1n) is 4.17. The quantitative estimate of drug-likeness (QED) is 0.903. The molecule has 0 unspecified atom stereocenters. The number of carbonyl (C=O) groups is 1. The first-order chi connectivity index (χ1) is 6.50. The largest absolute Gasteiger partial charge is 0.478 e. The Kier molecular flexibility index (Phi) is 3.66. The van der Waals surface area contributed by atoms with Gasteiger partial charge in [0.15, 0.2) is 0 Å². The van der Waals surface area contributed by atoms with Crippen LogP contribution in [0.4, 0.5) is 0 Å². The van der Waals surface area contributed by atoms with Crippen molar-refractivity contribution in [1.29, 1.82) is 0 Å². The van der Waals surface area contributed by atoms with Crippen molar-refractivity contribution in [2.24, 2.45) is 0 Å². The molecule has 0 fully saturated rings. The number of hydrogen-bond donors (Lipinski definition) is 1. The van der Waals surface area contributed by atoms with Gasteiger partial charge in [-0.3, -0.25) is 0 Å². The molecule has 14 heavy (non-hydrogen) atoms. The zero-order valence-electron chi connectivity index (χ0n) is 8.12. The van der Waals surface area contributed by atoms with Crippen LogP contribution in [0.1, 0.15) is 15.9 Å². The Labute approximate surface area is 91.5 Å². The predicted molar refractivity (Wildman–Crippen MR) is 58.5 cm³/mol. The molecule has 0 heterocycles. The van der Waals surface area contributed by atoms with E-state index in [2.05, 4.69) is 15.9 Å². The Morgan fingerprint density at radius 2 is 2.14 bits per heavy atom. The number of hydrogen-bond acceptors (Lipinski definition) is 2. The number of carboxylic acid groups (broad SMARTS) is 1. The van der Waals surface area contributed by atoms with E-state index in [1.54, 1.807) is 18.2 Å². The molecule has 1 N–H and O–H groups in total. The third-order valence-electron chi connectivity index (χ3n) is 1.78. The highest BCUT2D eigenvalue weighted by molar-refractivity contribution is 9.10. The number of rotatable bonds is 3. The molecule has 0 aromatic heterocycles.